The van der Waals surface area contributed by atoms with E-state index in [2.05, 4.69) is 20.4 Å². The standard InChI is InChI=1S/C18H18ClN5O3/c1-10-4-5-13(6-15(10)19)23-16(25)8-27-17(26)7-14-11(2)22-18-20-9-21-24(18)12(14)3/h4-6,9H,7-8H2,1-3H3,(H,23,25). The first-order valence-electron chi connectivity index (χ1n) is 8.22. The number of rotatable bonds is 5. The summed E-state index contributed by atoms with van der Waals surface area (Å²) in [5.41, 5.74) is 3.57. The molecule has 27 heavy (non-hydrogen) atoms. The van der Waals surface area contributed by atoms with Crippen LogP contribution < -0.4 is 5.32 Å². The molecule has 1 amide bonds. The van der Waals surface area contributed by atoms with Gasteiger partial charge in [0.1, 0.15) is 6.33 Å². The maximum absolute atomic E-state index is 12.2. The number of hydrogen-bond acceptors (Lipinski definition) is 6. The van der Waals surface area contributed by atoms with E-state index >= 15 is 0 Å². The lowest BCUT2D eigenvalue weighted by Gasteiger charge is -2.11. The summed E-state index contributed by atoms with van der Waals surface area (Å²) in [6, 6.07) is 5.16. The molecule has 3 aromatic rings. The van der Waals surface area contributed by atoms with E-state index in [0.29, 0.717) is 27.7 Å². The predicted octanol–water partition coefficient (Wildman–Crippen LogP) is 2.43. The van der Waals surface area contributed by atoms with Crippen molar-refractivity contribution in [1.82, 2.24) is 19.6 Å². The molecule has 0 saturated heterocycles. The largest absolute Gasteiger partial charge is 0.455 e. The van der Waals surface area contributed by atoms with Gasteiger partial charge in [-0.25, -0.2) is 9.50 Å². The fourth-order valence-corrected chi connectivity index (χ4v) is 2.80. The second kappa shape index (κ2) is 7.71. The Morgan fingerprint density at radius 3 is 2.78 bits per heavy atom. The molecule has 0 saturated carbocycles. The number of aromatic nitrogens is 4. The monoisotopic (exact) mass is 387 g/mol. The van der Waals surface area contributed by atoms with E-state index in [1.807, 2.05) is 13.8 Å². The Kier molecular flexibility index (Phi) is 5.36. The van der Waals surface area contributed by atoms with Crippen molar-refractivity contribution in [3.05, 3.63) is 52.1 Å². The average molecular weight is 388 g/mol. The number of benzene rings is 1. The van der Waals surface area contributed by atoms with Gasteiger partial charge >= 0.3 is 5.97 Å². The van der Waals surface area contributed by atoms with Crippen molar-refractivity contribution in [1.29, 1.82) is 0 Å². The summed E-state index contributed by atoms with van der Waals surface area (Å²) in [4.78, 5) is 32.5. The number of anilines is 1. The van der Waals surface area contributed by atoms with Gasteiger partial charge in [-0.3, -0.25) is 9.59 Å². The number of nitrogens with zero attached hydrogens (tertiary/aromatic N) is 4. The molecule has 0 radical (unpaired) electrons. The van der Waals surface area contributed by atoms with Gasteiger partial charge in [0.15, 0.2) is 6.61 Å². The van der Waals surface area contributed by atoms with Crippen LogP contribution in [0.3, 0.4) is 0 Å². The Labute approximate surface area is 160 Å². The molecule has 8 nitrogen and oxygen atoms in total. The number of fused-ring (bicyclic) bond motifs is 1. The first kappa shape index (κ1) is 18.8. The van der Waals surface area contributed by atoms with Crippen LogP contribution in [0, 0.1) is 20.8 Å². The second-order valence-corrected chi connectivity index (χ2v) is 6.49. The first-order chi connectivity index (χ1) is 12.8. The van der Waals surface area contributed by atoms with Crippen LogP contribution in [0.4, 0.5) is 5.69 Å². The number of amides is 1. The van der Waals surface area contributed by atoms with Gasteiger partial charge in [-0.15, -0.1) is 0 Å². The fourth-order valence-electron chi connectivity index (χ4n) is 2.62. The second-order valence-electron chi connectivity index (χ2n) is 6.08. The highest BCUT2D eigenvalue weighted by Crippen LogP contribution is 2.20. The van der Waals surface area contributed by atoms with Crippen molar-refractivity contribution in [3.63, 3.8) is 0 Å². The number of carbonyl (C=O) groups is 2. The third-order valence-electron chi connectivity index (χ3n) is 4.13. The first-order valence-corrected chi connectivity index (χ1v) is 8.60. The van der Waals surface area contributed by atoms with E-state index in [1.54, 1.807) is 29.6 Å². The quantitative estimate of drug-likeness (QED) is 0.675. The summed E-state index contributed by atoms with van der Waals surface area (Å²) in [6.07, 6.45) is 1.39. The molecular formula is C18H18ClN5O3. The molecule has 0 aliphatic carbocycles. The van der Waals surface area contributed by atoms with E-state index in [1.165, 1.54) is 6.33 Å². The van der Waals surface area contributed by atoms with Crippen LogP contribution in [-0.2, 0) is 20.7 Å². The minimum atomic E-state index is -0.528. The Balaban J connectivity index is 1.59. The molecule has 0 aliphatic rings. The van der Waals surface area contributed by atoms with Crippen LogP contribution in [0.2, 0.25) is 5.02 Å². The topological polar surface area (TPSA) is 98.5 Å². The van der Waals surface area contributed by atoms with Crippen molar-refractivity contribution in [3.8, 4) is 0 Å². The number of nitrogens with one attached hydrogen (secondary N) is 1. The molecule has 9 heteroatoms. The zero-order valence-electron chi connectivity index (χ0n) is 15.1. The average Bonchev–Trinajstić information content (AvgIpc) is 3.08. The lowest BCUT2D eigenvalue weighted by atomic mass is 10.1. The Morgan fingerprint density at radius 1 is 1.26 bits per heavy atom. The summed E-state index contributed by atoms with van der Waals surface area (Å²) in [5, 5.41) is 7.26. The molecule has 2 aromatic heterocycles. The molecule has 0 spiro atoms. The van der Waals surface area contributed by atoms with Crippen molar-refractivity contribution >= 4 is 34.9 Å². The molecule has 1 N–H and O–H groups in total. The molecule has 0 fully saturated rings. The lowest BCUT2D eigenvalue weighted by Crippen LogP contribution is -2.22. The van der Waals surface area contributed by atoms with Gasteiger partial charge in [-0.1, -0.05) is 17.7 Å². The van der Waals surface area contributed by atoms with Gasteiger partial charge in [-0.05, 0) is 38.5 Å². The summed E-state index contributed by atoms with van der Waals surface area (Å²) < 4.78 is 6.64. The van der Waals surface area contributed by atoms with E-state index in [9.17, 15) is 9.59 Å². The molecular weight excluding hydrogens is 370 g/mol. The Morgan fingerprint density at radius 2 is 2.04 bits per heavy atom. The number of esters is 1. The van der Waals surface area contributed by atoms with Crippen LogP contribution in [-0.4, -0.2) is 38.1 Å². The van der Waals surface area contributed by atoms with Crippen LogP contribution in [0.5, 0.6) is 0 Å². The smallest absolute Gasteiger partial charge is 0.310 e. The van der Waals surface area contributed by atoms with Gasteiger partial charge < -0.3 is 10.1 Å². The molecule has 0 aliphatic heterocycles. The minimum absolute atomic E-state index is 0.00981. The fraction of sp³-hybridized carbons (Fsp3) is 0.278. The third kappa shape index (κ3) is 4.22. The van der Waals surface area contributed by atoms with Gasteiger partial charge in [0.05, 0.1) is 6.42 Å². The van der Waals surface area contributed by atoms with Gasteiger partial charge in [0.25, 0.3) is 11.7 Å². The molecule has 140 valence electrons. The number of hydrogen-bond donors (Lipinski definition) is 1. The number of aryl methyl sites for hydroxylation is 3. The number of ether oxygens (including phenoxy) is 1. The summed E-state index contributed by atoms with van der Waals surface area (Å²) in [7, 11) is 0. The van der Waals surface area contributed by atoms with E-state index in [4.69, 9.17) is 16.3 Å². The van der Waals surface area contributed by atoms with Crippen molar-refractivity contribution in [2.24, 2.45) is 0 Å². The van der Waals surface area contributed by atoms with Crippen molar-refractivity contribution in [2.45, 2.75) is 27.2 Å². The highest BCUT2D eigenvalue weighted by atomic mass is 35.5. The van der Waals surface area contributed by atoms with Crippen LogP contribution in [0.15, 0.2) is 24.5 Å². The van der Waals surface area contributed by atoms with Gasteiger partial charge in [0.2, 0.25) is 0 Å². The summed E-state index contributed by atoms with van der Waals surface area (Å²) in [6.45, 7) is 5.09. The highest BCUT2D eigenvalue weighted by molar-refractivity contribution is 6.31. The lowest BCUT2D eigenvalue weighted by molar-refractivity contribution is -0.146. The van der Waals surface area contributed by atoms with Gasteiger partial charge in [-0.2, -0.15) is 10.1 Å². The van der Waals surface area contributed by atoms with Crippen molar-refractivity contribution < 1.29 is 14.3 Å². The number of halogens is 1. The maximum Gasteiger partial charge on any atom is 0.310 e. The number of carbonyl (C=O) groups excluding carboxylic acids is 2. The van der Waals surface area contributed by atoms with E-state index in [-0.39, 0.29) is 13.0 Å². The Hall–Kier alpha value is -3.00. The van der Waals surface area contributed by atoms with Crippen LogP contribution in [0.1, 0.15) is 22.5 Å². The van der Waals surface area contributed by atoms with Gasteiger partial charge in [0, 0.05) is 27.7 Å². The third-order valence-corrected chi connectivity index (χ3v) is 4.54. The van der Waals surface area contributed by atoms with Crippen LogP contribution in [0.25, 0.3) is 5.78 Å². The zero-order chi connectivity index (χ0) is 19.6. The molecule has 3 rings (SSSR count). The summed E-state index contributed by atoms with van der Waals surface area (Å²) >= 11 is 6.02. The minimum Gasteiger partial charge on any atom is -0.455 e. The van der Waals surface area contributed by atoms with E-state index < -0.39 is 11.9 Å². The highest BCUT2D eigenvalue weighted by Gasteiger charge is 2.16. The summed E-state index contributed by atoms with van der Waals surface area (Å²) in [5.74, 6) is -0.501. The normalized spacial score (nSPS) is 10.8. The van der Waals surface area contributed by atoms with Crippen molar-refractivity contribution in [2.75, 3.05) is 11.9 Å². The molecule has 1 aromatic carbocycles. The SMILES string of the molecule is Cc1ccc(NC(=O)COC(=O)Cc2c(C)nc3ncnn3c2C)cc1Cl. The molecule has 0 atom stereocenters. The zero-order valence-corrected chi connectivity index (χ0v) is 15.9. The van der Waals surface area contributed by atoms with E-state index in [0.717, 1.165) is 11.3 Å². The maximum atomic E-state index is 12.2. The Bertz CT molecular complexity index is 1030. The molecule has 0 unspecified atom stereocenters. The predicted molar refractivity (Wildman–Crippen MR) is 99.7 cm³/mol. The van der Waals surface area contributed by atoms with Crippen LogP contribution >= 0.6 is 11.6 Å². The molecule has 2 heterocycles. The molecule has 0 bridgehead atoms.